The number of rotatable bonds is 5. The van der Waals surface area contributed by atoms with Crippen LogP contribution in [0.15, 0.2) is 40.2 Å². The van der Waals surface area contributed by atoms with Gasteiger partial charge in [-0.2, -0.15) is 0 Å². The van der Waals surface area contributed by atoms with E-state index in [1.165, 1.54) is 11.3 Å². The van der Waals surface area contributed by atoms with Crippen LogP contribution >= 0.6 is 95.0 Å². The Kier molecular flexibility index (Phi) is 7.30. The molecule has 0 atom stereocenters. The second kappa shape index (κ2) is 9.13. The van der Waals surface area contributed by atoms with E-state index in [1.54, 1.807) is 7.11 Å². The van der Waals surface area contributed by atoms with Crippen LogP contribution in [0.25, 0.3) is 11.1 Å². The van der Waals surface area contributed by atoms with E-state index in [9.17, 15) is 9.90 Å². The summed E-state index contributed by atoms with van der Waals surface area (Å²) in [6, 6.07) is 9.59. The molecule has 0 saturated heterocycles. The van der Waals surface area contributed by atoms with E-state index in [2.05, 4.69) is 89.0 Å². The minimum absolute atomic E-state index is 0.277. The van der Waals surface area contributed by atoms with Gasteiger partial charge in [0.1, 0.15) is 16.3 Å². The van der Waals surface area contributed by atoms with Crippen molar-refractivity contribution in [3.63, 3.8) is 0 Å². The lowest BCUT2D eigenvalue weighted by Gasteiger charge is -2.14. The summed E-state index contributed by atoms with van der Waals surface area (Å²) in [6.45, 7) is 0. The minimum Gasteiger partial charge on any atom is -0.494 e. The number of hydrogen-bond donors (Lipinski definition) is 2. The molecule has 1 aromatic heterocycles. The molecule has 0 aliphatic heterocycles. The Balaban J connectivity index is 2.07. The number of benzene rings is 2. The summed E-state index contributed by atoms with van der Waals surface area (Å²) in [4.78, 5) is 12.0. The predicted octanol–water partition coefficient (Wildman–Crippen LogP) is 7.44. The molecule has 1 heterocycles. The van der Waals surface area contributed by atoms with Crippen molar-refractivity contribution in [3.05, 3.63) is 56.5 Å². The van der Waals surface area contributed by atoms with Gasteiger partial charge in [0, 0.05) is 15.4 Å². The Morgan fingerprint density at radius 3 is 2.44 bits per heavy atom. The number of carboxylic acids is 1. The molecule has 0 bridgehead atoms. The van der Waals surface area contributed by atoms with Gasteiger partial charge in [-0.1, -0.05) is 28.1 Å². The maximum absolute atomic E-state index is 12.0. The van der Waals surface area contributed by atoms with Crippen LogP contribution in [0, 0.1) is 10.7 Å². The van der Waals surface area contributed by atoms with E-state index in [0.29, 0.717) is 10.6 Å². The summed E-state index contributed by atoms with van der Waals surface area (Å²) in [5.74, 6) is -0.129. The summed E-state index contributed by atoms with van der Waals surface area (Å²) in [6.07, 6.45) is 0. The van der Waals surface area contributed by atoms with Crippen molar-refractivity contribution in [2.45, 2.75) is 0 Å². The number of thiophene rings is 1. The molecule has 0 aliphatic rings. The molecular formula is C18H11BrI3NO3S. The second-order valence-corrected chi connectivity index (χ2v) is 10.5. The lowest BCUT2D eigenvalue weighted by molar-refractivity contribution is 0.0699. The van der Waals surface area contributed by atoms with Crippen molar-refractivity contribution in [1.29, 1.82) is 0 Å². The zero-order valence-electron chi connectivity index (χ0n) is 13.6. The fraction of sp³-hybridized carbons (Fsp3) is 0.0556. The van der Waals surface area contributed by atoms with Gasteiger partial charge in [-0.15, -0.1) is 11.3 Å². The van der Waals surface area contributed by atoms with Crippen molar-refractivity contribution in [1.82, 2.24) is 0 Å². The van der Waals surface area contributed by atoms with Crippen LogP contribution in [0.2, 0.25) is 0 Å². The average Bonchev–Trinajstić information content (AvgIpc) is 3.04. The van der Waals surface area contributed by atoms with Gasteiger partial charge in [0.25, 0.3) is 0 Å². The molecule has 0 saturated carbocycles. The molecular weight excluding hydrogens is 771 g/mol. The normalized spacial score (nSPS) is 10.7. The van der Waals surface area contributed by atoms with Gasteiger partial charge >= 0.3 is 5.97 Å². The van der Waals surface area contributed by atoms with Gasteiger partial charge in [-0.3, -0.25) is 0 Å². The number of carboxylic acid groups (broad SMARTS) is 1. The Morgan fingerprint density at radius 1 is 1.19 bits per heavy atom. The topological polar surface area (TPSA) is 58.6 Å². The number of halogens is 4. The van der Waals surface area contributed by atoms with Gasteiger partial charge in [0.2, 0.25) is 0 Å². The smallest absolute Gasteiger partial charge is 0.339 e. The summed E-state index contributed by atoms with van der Waals surface area (Å²) in [5, 5.41) is 15.6. The molecule has 2 aromatic carbocycles. The zero-order chi connectivity index (χ0) is 19.7. The molecule has 2 N–H and O–H groups in total. The Bertz CT molecular complexity index is 1020. The fourth-order valence-corrected chi connectivity index (χ4v) is 6.37. The van der Waals surface area contributed by atoms with E-state index in [1.807, 2.05) is 35.7 Å². The Hall–Kier alpha value is -0.120. The molecule has 9 heteroatoms. The monoisotopic (exact) mass is 781 g/mol. The molecule has 0 fully saturated rings. The van der Waals surface area contributed by atoms with Crippen LogP contribution in [0.3, 0.4) is 0 Å². The van der Waals surface area contributed by atoms with Crippen LogP contribution in [0.5, 0.6) is 5.75 Å². The van der Waals surface area contributed by atoms with E-state index < -0.39 is 5.97 Å². The molecule has 3 rings (SSSR count). The summed E-state index contributed by atoms with van der Waals surface area (Å²) >= 11 is 11.5. The molecule has 27 heavy (non-hydrogen) atoms. The van der Waals surface area contributed by atoms with E-state index >= 15 is 0 Å². The summed E-state index contributed by atoms with van der Waals surface area (Å²) in [5.41, 5.74) is 2.71. The zero-order valence-corrected chi connectivity index (χ0v) is 22.5. The first kappa shape index (κ1) is 21.6. The van der Waals surface area contributed by atoms with Gasteiger partial charge in [0.05, 0.1) is 23.5 Å². The predicted molar refractivity (Wildman–Crippen MR) is 139 cm³/mol. The standard InChI is InChI=1S/C18H11BrI3NO3S/c1-26-16-11(20)6-12(14(21)15(16)22)23-17-13(18(24)25)10(7-27-17)8-2-4-9(19)5-3-8/h2-7,23H,1H3,(H,24,25). The molecule has 4 nitrogen and oxygen atoms in total. The largest absolute Gasteiger partial charge is 0.494 e. The second-order valence-electron chi connectivity index (χ2n) is 5.36. The molecule has 0 unspecified atom stereocenters. The van der Waals surface area contributed by atoms with Gasteiger partial charge in [-0.25, -0.2) is 4.79 Å². The van der Waals surface area contributed by atoms with Crippen LogP contribution in [-0.2, 0) is 0 Å². The highest BCUT2D eigenvalue weighted by Crippen LogP contribution is 2.41. The first-order valence-electron chi connectivity index (χ1n) is 7.42. The first-order valence-corrected chi connectivity index (χ1v) is 12.3. The van der Waals surface area contributed by atoms with Crippen LogP contribution in [0.1, 0.15) is 10.4 Å². The third-order valence-corrected chi connectivity index (χ3v) is 9.14. The van der Waals surface area contributed by atoms with Crippen LogP contribution < -0.4 is 10.1 Å². The number of ether oxygens (including phenoxy) is 1. The lowest BCUT2D eigenvalue weighted by atomic mass is 10.0. The molecule has 3 aromatic rings. The quantitative estimate of drug-likeness (QED) is 0.209. The van der Waals surface area contributed by atoms with E-state index in [0.717, 1.165) is 32.2 Å². The highest BCUT2D eigenvalue weighted by Gasteiger charge is 2.22. The van der Waals surface area contributed by atoms with Crippen molar-refractivity contribution in [2.75, 3.05) is 12.4 Å². The maximum Gasteiger partial charge on any atom is 0.339 e. The number of carbonyl (C=O) groups is 1. The SMILES string of the molecule is COc1c(I)cc(Nc2scc(-c3ccc(Br)cc3)c2C(=O)O)c(I)c1I. The van der Waals surface area contributed by atoms with Crippen LogP contribution in [0.4, 0.5) is 10.7 Å². The minimum atomic E-state index is -0.954. The Labute approximate surface area is 209 Å². The molecule has 0 radical (unpaired) electrons. The third-order valence-electron chi connectivity index (χ3n) is 3.73. The summed E-state index contributed by atoms with van der Waals surface area (Å²) < 4.78 is 9.35. The number of nitrogens with one attached hydrogen (secondary N) is 1. The molecule has 140 valence electrons. The fourth-order valence-electron chi connectivity index (χ4n) is 2.48. The number of aromatic carboxylic acids is 1. The van der Waals surface area contributed by atoms with Crippen molar-refractivity contribution < 1.29 is 14.6 Å². The van der Waals surface area contributed by atoms with Gasteiger partial charge in [-0.05, 0) is 91.5 Å². The highest BCUT2D eigenvalue weighted by molar-refractivity contribution is 14.1. The van der Waals surface area contributed by atoms with Crippen molar-refractivity contribution in [3.8, 4) is 16.9 Å². The molecule has 0 amide bonds. The van der Waals surface area contributed by atoms with E-state index in [-0.39, 0.29) is 5.56 Å². The van der Waals surface area contributed by atoms with Crippen LogP contribution in [-0.4, -0.2) is 18.2 Å². The van der Waals surface area contributed by atoms with Crippen molar-refractivity contribution >= 4 is 112 Å². The number of anilines is 2. The lowest BCUT2D eigenvalue weighted by Crippen LogP contribution is -2.04. The Morgan fingerprint density at radius 2 is 1.85 bits per heavy atom. The number of hydrogen-bond acceptors (Lipinski definition) is 4. The summed E-state index contributed by atoms with van der Waals surface area (Å²) in [7, 11) is 1.65. The first-order chi connectivity index (χ1) is 12.8. The van der Waals surface area contributed by atoms with E-state index in [4.69, 9.17) is 4.74 Å². The average molecular weight is 782 g/mol. The molecule has 0 spiro atoms. The third kappa shape index (κ3) is 4.56. The maximum atomic E-state index is 12.0. The highest BCUT2D eigenvalue weighted by atomic mass is 127. The van der Waals surface area contributed by atoms with Gasteiger partial charge < -0.3 is 15.2 Å². The molecule has 0 aliphatic carbocycles. The number of methoxy groups -OCH3 is 1. The van der Waals surface area contributed by atoms with Crippen molar-refractivity contribution in [2.24, 2.45) is 0 Å². The van der Waals surface area contributed by atoms with Gasteiger partial charge in [0.15, 0.2) is 0 Å².